The van der Waals surface area contributed by atoms with E-state index in [-0.39, 0.29) is 6.23 Å². The zero-order valence-electron chi connectivity index (χ0n) is 7.47. The third-order valence-electron chi connectivity index (χ3n) is 1.42. The molecule has 11 heavy (non-hydrogen) atoms. The van der Waals surface area contributed by atoms with Gasteiger partial charge in [-0.2, -0.15) is 0 Å². The van der Waals surface area contributed by atoms with E-state index in [9.17, 15) is 0 Å². The van der Waals surface area contributed by atoms with Crippen LogP contribution in [0.15, 0.2) is 4.99 Å². The van der Waals surface area contributed by atoms with E-state index in [2.05, 4.69) is 27.8 Å². The van der Waals surface area contributed by atoms with Crippen molar-refractivity contribution in [1.82, 2.24) is 4.90 Å². The molecule has 0 saturated heterocycles. The van der Waals surface area contributed by atoms with Crippen LogP contribution in [-0.4, -0.2) is 36.6 Å². The highest BCUT2D eigenvalue weighted by molar-refractivity contribution is 9.18. The molecule has 0 N–H and O–H groups in total. The fraction of sp³-hybridized carbons (Fsp3) is 0.857. The minimum atomic E-state index is -0.0848. The molecule has 0 aliphatic heterocycles. The fourth-order valence-electron chi connectivity index (χ4n) is 0.432. The largest absolute Gasteiger partial charge is 0.360 e. The van der Waals surface area contributed by atoms with Crippen molar-refractivity contribution in [3.05, 3.63) is 0 Å². The molecule has 3 nitrogen and oxygen atoms in total. The first-order valence-electron chi connectivity index (χ1n) is 3.59. The Labute approximate surface area is 76.6 Å². The Kier molecular flexibility index (Phi) is 5.50. The predicted octanol–water partition coefficient (Wildman–Crippen LogP) is 1.68. The lowest BCUT2D eigenvalue weighted by atomic mass is 10.6. The molecule has 4 heteroatoms. The van der Waals surface area contributed by atoms with Gasteiger partial charge < -0.3 is 9.64 Å². The van der Waals surface area contributed by atoms with E-state index >= 15 is 0 Å². The van der Waals surface area contributed by atoms with Crippen molar-refractivity contribution in [3.63, 3.8) is 0 Å². The van der Waals surface area contributed by atoms with Crippen LogP contribution in [0, 0.1) is 0 Å². The van der Waals surface area contributed by atoms with Gasteiger partial charge in [-0.05, 0) is 29.8 Å². The Hall–Kier alpha value is -0.0900. The van der Waals surface area contributed by atoms with Crippen molar-refractivity contribution in [3.8, 4) is 0 Å². The molecule has 1 unspecified atom stereocenters. The van der Waals surface area contributed by atoms with Gasteiger partial charge in [0.1, 0.15) is 6.23 Å². The molecule has 0 rings (SSSR count). The van der Waals surface area contributed by atoms with Crippen LogP contribution >= 0.6 is 15.9 Å². The van der Waals surface area contributed by atoms with Gasteiger partial charge in [0.25, 0.3) is 0 Å². The molecule has 0 spiro atoms. The molecular weight excluding hydrogens is 208 g/mol. The Morgan fingerprint density at radius 1 is 1.73 bits per heavy atom. The van der Waals surface area contributed by atoms with Crippen LogP contribution in [-0.2, 0) is 4.74 Å². The molecule has 0 aliphatic carbocycles. The summed E-state index contributed by atoms with van der Waals surface area (Å²) < 4.78 is 5.80. The first kappa shape index (κ1) is 10.9. The average molecular weight is 223 g/mol. The molecule has 0 heterocycles. The predicted molar refractivity (Wildman–Crippen MR) is 51.1 cm³/mol. The summed E-state index contributed by atoms with van der Waals surface area (Å²) in [5, 5.41) is 0. The molecule has 0 aromatic rings. The molecule has 66 valence electrons. The number of hydrogen-bond acceptors (Lipinski definition) is 2. The van der Waals surface area contributed by atoms with E-state index in [1.807, 2.05) is 18.9 Å². The maximum Gasteiger partial charge on any atom is 0.170 e. The highest BCUT2D eigenvalue weighted by atomic mass is 79.9. The highest BCUT2D eigenvalue weighted by Crippen LogP contribution is 2.00. The number of aliphatic imine (C=N–C) groups is 1. The second kappa shape index (κ2) is 5.55. The monoisotopic (exact) mass is 222 g/mol. The summed E-state index contributed by atoms with van der Waals surface area (Å²) >= 11 is 3.34. The maximum atomic E-state index is 4.97. The first-order chi connectivity index (χ1) is 5.11. The number of ether oxygens (including phenoxy) is 1. The summed E-state index contributed by atoms with van der Waals surface area (Å²) in [4.78, 5) is 6.20. The zero-order chi connectivity index (χ0) is 8.85. The summed E-state index contributed by atoms with van der Waals surface area (Å²) in [5.74, 6) is 0. The zero-order valence-corrected chi connectivity index (χ0v) is 9.05. The van der Waals surface area contributed by atoms with E-state index in [0.717, 1.165) is 11.3 Å². The van der Waals surface area contributed by atoms with Crippen LogP contribution in [0.2, 0.25) is 0 Å². The van der Waals surface area contributed by atoms with Gasteiger partial charge in [0.15, 0.2) is 4.74 Å². The minimum absolute atomic E-state index is 0.0848. The van der Waals surface area contributed by atoms with E-state index in [1.54, 1.807) is 7.11 Å². The summed E-state index contributed by atoms with van der Waals surface area (Å²) in [6, 6.07) is 0. The average Bonchev–Trinajstić information content (AvgIpc) is 2.02. The smallest absolute Gasteiger partial charge is 0.170 e. The normalized spacial score (nSPS) is 14.8. The van der Waals surface area contributed by atoms with E-state index in [4.69, 9.17) is 4.74 Å². The van der Waals surface area contributed by atoms with Crippen LogP contribution in [0.25, 0.3) is 0 Å². The lowest BCUT2D eigenvalue weighted by Crippen LogP contribution is -2.23. The quantitative estimate of drug-likeness (QED) is 0.413. The maximum absolute atomic E-state index is 4.97. The summed E-state index contributed by atoms with van der Waals surface area (Å²) in [7, 11) is 3.61. The molecular formula is C7H15BrN2O. The lowest BCUT2D eigenvalue weighted by molar-refractivity contribution is 0.125. The number of amidine groups is 1. The number of rotatable bonds is 3. The molecule has 0 radical (unpaired) electrons. The van der Waals surface area contributed by atoms with Crippen molar-refractivity contribution >= 4 is 20.7 Å². The minimum Gasteiger partial charge on any atom is -0.360 e. The first-order valence-corrected chi connectivity index (χ1v) is 4.38. The molecule has 0 fully saturated rings. The number of hydrogen-bond donors (Lipinski definition) is 0. The van der Waals surface area contributed by atoms with Gasteiger partial charge in [-0.3, -0.25) is 0 Å². The molecule has 0 aromatic carbocycles. The van der Waals surface area contributed by atoms with E-state index < -0.39 is 0 Å². The van der Waals surface area contributed by atoms with Crippen LogP contribution < -0.4 is 0 Å². The van der Waals surface area contributed by atoms with Gasteiger partial charge in [0.05, 0.1) is 0 Å². The number of methoxy groups -OCH3 is 1. The third-order valence-corrected chi connectivity index (χ3v) is 2.23. The van der Waals surface area contributed by atoms with Crippen LogP contribution in [0.1, 0.15) is 13.8 Å². The van der Waals surface area contributed by atoms with E-state index in [0.29, 0.717) is 0 Å². The molecule has 0 aliphatic rings. The summed E-state index contributed by atoms with van der Waals surface area (Å²) in [6.07, 6.45) is -0.0848. The Morgan fingerprint density at radius 3 is 2.64 bits per heavy atom. The van der Waals surface area contributed by atoms with Crippen LogP contribution in [0.5, 0.6) is 0 Å². The Balaban J connectivity index is 3.98. The number of halogens is 1. The van der Waals surface area contributed by atoms with Gasteiger partial charge >= 0.3 is 0 Å². The Morgan fingerprint density at radius 2 is 2.27 bits per heavy atom. The highest BCUT2D eigenvalue weighted by Gasteiger charge is 2.01. The molecule has 0 aromatic heterocycles. The van der Waals surface area contributed by atoms with Crippen LogP contribution in [0.3, 0.4) is 0 Å². The molecule has 0 saturated carbocycles. The summed E-state index contributed by atoms with van der Waals surface area (Å²) in [6.45, 7) is 4.89. The topological polar surface area (TPSA) is 24.8 Å². The van der Waals surface area contributed by atoms with Gasteiger partial charge in [0.2, 0.25) is 0 Å². The standard InChI is InChI=1S/C7H15BrN2O/c1-5-10(3)7(8)9-6(2)11-4/h6H,5H2,1-4H3. The van der Waals surface area contributed by atoms with Crippen molar-refractivity contribution in [1.29, 1.82) is 0 Å². The van der Waals surface area contributed by atoms with Gasteiger partial charge in [-0.1, -0.05) is 0 Å². The molecule has 0 amide bonds. The SMILES string of the molecule is CCN(C)C(Br)=NC(C)OC. The van der Waals surface area contributed by atoms with Gasteiger partial charge in [-0.25, -0.2) is 4.99 Å². The van der Waals surface area contributed by atoms with Crippen molar-refractivity contribution < 1.29 is 4.74 Å². The molecule has 1 atom stereocenters. The van der Waals surface area contributed by atoms with Crippen molar-refractivity contribution in [2.24, 2.45) is 4.99 Å². The Bertz CT molecular complexity index is 138. The molecule has 0 bridgehead atoms. The fourth-order valence-corrected chi connectivity index (χ4v) is 0.971. The third kappa shape index (κ3) is 4.37. The lowest BCUT2D eigenvalue weighted by Gasteiger charge is -2.15. The second-order valence-corrected chi connectivity index (χ2v) is 2.96. The van der Waals surface area contributed by atoms with Crippen molar-refractivity contribution in [2.45, 2.75) is 20.1 Å². The van der Waals surface area contributed by atoms with Gasteiger partial charge in [0, 0.05) is 20.7 Å². The van der Waals surface area contributed by atoms with E-state index in [1.165, 1.54) is 0 Å². The van der Waals surface area contributed by atoms with Crippen molar-refractivity contribution in [2.75, 3.05) is 20.7 Å². The van der Waals surface area contributed by atoms with Crippen LogP contribution in [0.4, 0.5) is 0 Å². The second-order valence-electron chi connectivity index (χ2n) is 2.25. The van der Waals surface area contributed by atoms with Gasteiger partial charge in [-0.15, -0.1) is 0 Å². The number of nitrogens with zero attached hydrogens (tertiary/aromatic N) is 2. The summed E-state index contributed by atoms with van der Waals surface area (Å²) in [5.41, 5.74) is 0.